The van der Waals surface area contributed by atoms with Crippen LogP contribution in [-0.4, -0.2) is 32.0 Å². The smallest absolute Gasteiger partial charge is 0.395 e. The number of nitrogens with zero attached hydrogens (tertiary/aromatic N) is 5. The molecule has 0 saturated carbocycles. The molecule has 0 atom stereocenters. The summed E-state index contributed by atoms with van der Waals surface area (Å²) < 4.78 is 38.1. The van der Waals surface area contributed by atoms with E-state index in [9.17, 15) is 13.6 Å². The Morgan fingerprint density at radius 1 is 1.06 bits per heavy atom. The normalized spacial score (nSPS) is 15.7. The van der Waals surface area contributed by atoms with Gasteiger partial charge in [0.25, 0.3) is 0 Å². The number of amides is 1. The monoisotopic (exact) mass is 447 g/mol. The lowest BCUT2D eigenvalue weighted by Crippen LogP contribution is -2.26. The average Bonchev–Trinajstić information content (AvgIpc) is 3.51. The van der Waals surface area contributed by atoms with E-state index in [0.29, 0.717) is 17.9 Å². The molecule has 0 unspecified atom stereocenters. The van der Waals surface area contributed by atoms with Gasteiger partial charge in [0, 0.05) is 24.2 Å². The molecule has 33 heavy (non-hydrogen) atoms. The lowest BCUT2D eigenvalue weighted by molar-refractivity contribution is -0.286. The minimum atomic E-state index is -3.75. The van der Waals surface area contributed by atoms with Gasteiger partial charge in [-0.25, -0.2) is 14.6 Å². The molecule has 0 aliphatic carbocycles. The van der Waals surface area contributed by atoms with E-state index in [1.165, 1.54) is 6.07 Å². The molecule has 0 bridgehead atoms. The predicted molar refractivity (Wildman–Crippen MR) is 112 cm³/mol. The molecule has 4 heterocycles. The molecule has 2 aliphatic rings. The lowest BCUT2D eigenvalue weighted by atomic mass is 10.1. The van der Waals surface area contributed by atoms with Crippen LogP contribution in [0.1, 0.15) is 11.1 Å². The maximum absolute atomic E-state index is 13.6. The van der Waals surface area contributed by atoms with Crippen molar-refractivity contribution in [2.75, 3.05) is 4.90 Å². The molecule has 0 N–H and O–H groups in total. The van der Waals surface area contributed by atoms with Gasteiger partial charge in [-0.15, -0.1) is 8.78 Å². The van der Waals surface area contributed by atoms with Crippen LogP contribution in [0.2, 0.25) is 0 Å². The van der Waals surface area contributed by atoms with Crippen LogP contribution >= 0.6 is 0 Å². The van der Waals surface area contributed by atoms with Crippen LogP contribution in [0.4, 0.5) is 14.6 Å². The van der Waals surface area contributed by atoms with E-state index in [4.69, 9.17) is 0 Å². The fourth-order valence-electron chi connectivity index (χ4n) is 3.93. The molecule has 1 amide bonds. The van der Waals surface area contributed by atoms with Crippen LogP contribution in [-0.2, 0) is 17.8 Å². The number of hydrogen-bond acceptors (Lipinski definition) is 6. The largest absolute Gasteiger partial charge is 0.586 e. The Labute approximate surface area is 186 Å². The fraction of sp³-hybridized carbons (Fsp3) is 0.130. The third-order valence-corrected chi connectivity index (χ3v) is 5.46. The van der Waals surface area contributed by atoms with Gasteiger partial charge < -0.3 is 9.47 Å². The molecule has 0 radical (unpaired) electrons. The number of rotatable bonds is 4. The zero-order chi connectivity index (χ0) is 22.6. The zero-order valence-corrected chi connectivity index (χ0v) is 17.0. The second kappa shape index (κ2) is 7.09. The standard InChI is InChI=1S/C23H15F2N5O3/c24-23(25)32-18-4-1-3-17(20(18)33-23)21-26-12-15-11-19(31)29(22(15)28-21)13-14-5-7-16(8-6-14)30-10-2-9-27-30/h1-10,12H,11,13H2. The summed E-state index contributed by atoms with van der Waals surface area (Å²) in [6.07, 6.45) is 1.51. The number of alkyl halides is 2. The molecule has 8 nitrogen and oxygen atoms in total. The molecule has 164 valence electrons. The van der Waals surface area contributed by atoms with E-state index >= 15 is 0 Å². The minimum Gasteiger partial charge on any atom is -0.395 e. The molecular weight excluding hydrogens is 432 g/mol. The van der Waals surface area contributed by atoms with Crippen molar-refractivity contribution in [1.29, 1.82) is 0 Å². The summed E-state index contributed by atoms with van der Waals surface area (Å²) >= 11 is 0. The number of para-hydroxylation sites is 1. The number of carbonyl (C=O) groups excluding carboxylic acids is 1. The number of aromatic nitrogens is 4. The highest BCUT2D eigenvalue weighted by molar-refractivity contribution is 6.00. The number of halogens is 2. The van der Waals surface area contributed by atoms with E-state index in [-0.39, 0.29) is 35.2 Å². The number of carbonyl (C=O) groups is 1. The maximum Gasteiger partial charge on any atom is 0.586 e. The van der Waals surface area contributed by atoms with E-state index in [1.807, 2.05) is 36.5 Å². The first kappa shape index (κ1) is 19.4. The molecule has 0 saturated heterocycles. The number of ether oxygens (including phenoxy) is 2. The first-order valence-electron chi connectivity index (χ1n) is 10.1. The van der Waals surface area contributed by atoms with Crippen molar-refractivity contribution in [3.63, 3.8) is 0 Å². The van der Waals surface area contributed by atoms with Gasteiger partial charge in [-0.05, 0) is 35.9 Å². The van der Waals surface area contributed by atoms with Gasteiger partial charge in [-0.2, -0.15) is 5.10 Å². The van der Waals surface area contributed by atoms with Gasteiger partial charge in [-0.1, -0.05) is 18.2 Å². The van der Waals surface area contributed by atoms with Gasteiger partial charge in [0.2, 0.25) is 5.91 Å². The summed E-state index contributed by atoms with van der Waals surface area (Å²) in [5, 5.41) is 4.20. The van der Waals surface area contributed by atoms with Crippen LogP contribution in [0.3, 0.4) is 0 Å². The average molecular weight is 447 g/mol. The van der Waals surface area contributed by atoms with Gasteiger partial charge in [0.05, 0.1) is 24.2 Å². The summed E-state index contributed by atoms with van der Waals surface area (Å²) in [6.45, 7) is 0.312. The Morgan fingerprint density at radius 3 is 2.70 bits per heavy atom. The van der Waals surface area contributed by atoms with Gasteiger partial charge in [-0.3, -0.25) is 9.69 Å². The van der Waals surface area contributed by atoms with E-state index < -0.39 is 6.29 Å². The van der Waals surface area contributed by atoms with Crippen LogP contribution in [0.25, 0.3) is 17.1 Å². The Balaban J connectivity index is 1.31. The van der Waals surface area contributed by atoms with Crippen LogP contribution in [0, 0.1) is 0 Å². The summed E-state index contributed by atoms with van der Waals surface area (Å²) in [5.41, 5.74) is 2.74. The second-order valence-corrected chi connectivity index (χ2v) is 7.62. The van der Waals surface area contributed by atoms with Gasteiger partial charge >= 0.3 is 6.29 Å². The van der Waals surface area contributed by atoms with Crippen molar-refractivity contribution < 1.29 is 23.0 Å². The highest BCUT2D eigenvalue weighted by Gasteiger charge is 2.45. The molecule has 2 aliphatic heterocycles. The quantitative estimate of drug-likeness (QED) is 0.474. The Hall–Kier alpha value is -4.34. The van der Waals surface area contributed by atoms with Crippen LogP contribution in [0.5, 0.6) is 11.5 Å². The van der Waals surface area contributed by atoms with Crippen molar-refractivity contribution in [1.82, 2.24) is 19.7 Å². The van der Waals surface area contributed by atoms with Gasteiger partial charge in [0.1, 0.15) is 5.82 Å². The zero-order valence-electron chi connectivity index (χ0n) is 17.0. The first-order valence-corrected chi connectivity index (χ1v) is 10.1. The Kier molecular flexibility index (Phi) is 4.16. The SMILES string of the molecule is O=C1Cc2cnc(-c3cccc4c3OC(F)(F)O4)nc2N1Cc1ccc(-n2cccn2)cc1. The fourth-order valence-corrected chi connectivity index (χ4v) is 3.93. The highest BCUT2D eigenvalue weighted by atomic mass is 19.3. The molecule has 4 aromatic rings. The van der Waals surface area contributed by atoms with Crippen molar-refractivity contribution in [3.05, 3.63) is 78.2 Å². The maximum atomic E-state index is 13.6. The van der Waals surface area contributed by atoms with E-state index in [1.54, 1.807) is 34.1 Å². The first-order chi connectivity index (χ1) is 16.0. The van der Waals surface area contributed by atoms with Crippen molar-refractivity contribution >= 4 is 11.7 Å². The third kappa shape index (κ3) is 3.36. The summed E-state index contributed by atoms with van der Waals surface area (Å²) in [4.78, 5) is 23.1. The van der Waals surface area contributed by atoms with Crippen molar-refractivity contribution in [2.24, 2.45) is 0 Å². The third-order valence-electron chi connectivity index (χ3n) is 5.46. The van der Waals surface area contributed by atoms with E-state index in [2.05, 4.69) is 24.5 Å². The molecule has 2 aromatic heterocycles. The lowest BCUT2D eigenvalue weighted by Gasteiger charge is -2.17. The summed E-state index contributed by atoms with van der Waals surface area (Å²) in [7, 11) is 0. The van der Waals surface area contributed by atoms with E-state index in [0.717, 1.165) is 11.3 Å². The second-order valence-electron chi connectivity index (χ2n) is 7.62. The summed E-state index contributed by atoms with van der Waals surface area (Å²) in [6, 6.07) is 14.0. The van der Waals surface area contributed by atoms with Gasteiger partial charge in [0.15, 0.2) is 17.3 Å². The summed E-state index contributed by atoms with van der Waals surface area (Å²) in [5.74, 6) is 0.279. The highest BCUT2D eigenvalue weighted by Crippen LogP contribution is 2.46. The minimum absolute atomic E-state index is 0.0909. The van der Waals surface area contributed by atoms with Crippen LogP contribution < -0.4 is 14.4 Å². The number of anilines is 1. The molecule has 0 fully saturated rings. The number of benzene rings is 2. The predicted octanol–water partition coefficient (Wildman–Crippen LogP) is 3.74. The van der Waals surface area contributed by atoms with Crippen molar-refractivity contribution in [3.8, 4) is 28.6 Å². The Bertz CT molecular complexity index is 1370. The van der Waals surface area contributed by atoms with Crippen molar-refractivity contribution in [2.45, 2.75) is 19.3 Å². The molecular formula is C23H15F2N5O3. The number of fused-ring (bicyclic) bond motifs is 2. The van der Waals surface area contributed by atoms with Crippen LogP contribution in [0.15, 0.2) is 67.1 Å². The topological polar surface area (TPSA) is 82.4 Å². The molecule has 10 heteroatoms. The Morgan fingerprint density at radius 2 is 1.91 bits per heavy atom. The molecule has 2 aromatic carbocycles. The number of hydrogen-bond donors (Lipinski definition) is 0. The molecule has 0 spiro atoms. The molecule has 6 rings (SSSR count).